The molecule has 0 radical (unpaired) electrons. The first-order chi connectivity index (χ1) is 6.66. The Morgan fingerprint density at radius 3 is 2.73 bits per heavy atom. The number of hydrogen-bond acceptors (Lipinski definition) is 4. The van der Waals surface area contributed by atoms with Gasteiger partial charge in [-0.1, -0.05) is 0 Å². The minimum absolute atomic E-state index is 0. The van der Waals surface area contributed by atoms with Gasteiger partial charge in [-0.2, -0.15) is 4.99 Å². The van der Waals surface area contributed by atoms with Gasteiger partial charge in [0.1, 0.15) is 12.6 Å². The molecule has 84 valence electrons. The molecular weight excluding hydrogens is 204 g/mol. The van der Waals surface area contributed by atoms with E-state index < -0.39 is 17.9 Å². The minimum Gasteiger partial charge on any atom is -0.480 e. The van der Waals surface area contributed by atoms with Crippen molar-refractivity contribution < 1.29 is 25.0 Å². The van der Waals surface area contributed by atoms with Crippen LogP contribution in [0.4, 0.5) is 0 Å². The molecule has 0 spiro atoms. The summed E-state index contributed by atoms with van der Waals surface area (Å²) in [6, 6.07) is -0.760. The van der Waals surface area contributed by atoms with Crippen LogP contribution >= 0.6 is 0 Å². The summed E-state index contributed by atoms with van der Waals surface area (Å²) in [4.78, 5) is 36.1. The molecule has 1 atom stereocenters. The van der Waals surface area contributed by atoms with Crippen LogP contribution in [-0.2, 0) is 14.4 Å². The Morgan fingerprint density at radius 1 is 1.53 bits per heavy atom. The Labute approximate surface area is 85.7 Å². The number of likely N-dealkylation sites (tertiary alicyclic amines) is 1. The summed E-state index contributed by atoms with van der Waals surface area (Å²) in [6.07, 6.45) is 2.38. The molecule has 1 rings (SSSR count). The normalized spacial score (nSPS) is 18.9. The number of carboxylic acids is 1. The van der Waals surface area contributed by atoms with E-state index in [0.29, 0.717) is 19.4 Å². The van der Waals surface area contributed by atoms with Gasteiger partial charge >= 0.3 is 5.97 Å². The number of carboxylic acid groups (broad SMARTS) is 1. The maximum atomic E-state index is 11.3. The van der Waals surface area contributed by atoms with Crippen molar-refractivity contribution in [3.8, 4) is 0 Å². The average molecular weight is 216 g/mol. The van der Waals surface area contributed by atoms with Gasteiger partial charge in [-0.05, 0) is 12.8 Å². The molecule has 0 unspecified atom stereocenters. The van der Waals surface area contributed by atoms with Crippen molar-refractivity contribution in [2.45, 2.75) is 18.9 Å². The number of carbonyl (C=O) groups is 2. The molecule has 0 aromatic carbocycles. The van der Waals surface area contributed by atoms with Crippen LogP contribution in [0.25, 0.3) is 0 Å². The van der Waals surface area contributed by atoms with Crippen molar-refractivity contribution in [3.63, 3.8) is 0 Å². The molecule has 0 aromatic rings. The Kier molecular flexibility index (Phi) is 5.22. The third kappa shape index (κ3) is 3.16. The third-order valence-electron chi connectivity index (χ3n) is 2.14. The topological polar surface area (TPSA) is 119 Å². The molecule has 1 fully saturated rings. The summed E-state index contributed by atoms with van der Waals surface area (Å²) in [5, 5.41) is 8.76. The fourth-order valence-electron chi connectivity index (χ4n) is 1.51. The van der Waals surface area contributed by atoms with Crippen LogP contribution in [0.2, 0.25) is 0 Å². The number of aliphatic imine (C=N–C) groups is 1. The molecule has 0 aromatic heterocycles. The van der Waals surface area contributed by atoms with E-state index in [0.717, 1.165) is 0 Å². The number of carbonyl (C=O) groups excluding carboxylic acids is 2. The van der Waals surface area contributed by atoms with Crippen molar-refractivity contribution >= 4 is 18.0 Å². The molecule has 7 nitrogen and oxygen atoms in total. The van der Waals surface area contributed by atoms with Crippen molar-refractivity contribution in [2.24, 2.45) is 4.99 Å². The van der Waals surface area contributed by atoms with Crippen LogP contribution < -0.4 is 0 Å². The fraction of sp³-hybridized carbons (Fsp3) is 0.625. The lowest BCUT2D eigenvalue weighted by Gasteiger charge is -2.19. The lowest BCUT2D eigenvalue weighted by Crippen LogP contribution is -2.41. The first kappa shape index (κ1) is 13.3. The molecule has 1 aliphatic heterocycles. The zero-order valence-corrected chi connectivity index (χ0v) is 7.97. The lowest BCUT2D eigenvalue weighted by molar-refractivity contribution is -0.147. The van der Waals surface area contributed by atoms with E-state index in [9.17, 15) is 14.4 Å². The Balaban J connectivity index is 0.00000196. The van der Waals surface area contributed by atoms with E-state index in [1.807, 2.05) is 0 Å². The fourth-order valence-corrected chi connectivity index (χ4v) is 1.51. The molecule has 1 heterocycles. The smallest absolute Gasteiger partial charge is 0.326 e. The van der Waals surface area contributed by atoms with Crippen LogP contribution in [0, 0.1) is 0 Å². The summed E-state index contributed by atoms with van der Waals surface area (Å²) in [7, 11) is 0. The van der Waals surface area contributed by atoms with Gasteiger partial charge in [0.2, 0.25) is 12.0 Å². The zero-order chi connectivity index (χ0) is 10.6. The van der Waals surface area contributed by atoms with Gasteiger partial charge in [-0.15, -0.1) is 0 Å². The van der Waals surface area contributed by atoms with Gasteiger partial charge in [0.25, 0.3) is 0 Å². The average Bonchev–Trinajstić information content (AvgIpc) is 2.62. The predicted octanol–water partition coefficient (Wildman–Crippen LogP) is -1.43. The van der Waals surface area contributed by atoms with Crippen LogP contribution in [0.15, 0.2) is 4.99 Å². The van der Waals surface area contributed by atoms with Gasteiger partial charge in [-0.25, -0.2) is 9.59 Å². The molecule has 1 saturated heterocycles. The van der Waals surface area contributed by atoms with Gasteiger partial charge in [-0.3, -0.25) is 4.79 Å². The molecule has 0 bridgehead atoms. The number of nitrogens with zero attached hydrogens (tertiary/aromatic N) is 2. The van der Waals surface area contributed by atoms with Crippen LogP contribution in [-0.4, -0.2) is 52.6 Å². The Bertz CT molecular complexity index is 297. The summed E-state index contributed by atoms with van der Waals surface area (Å²) < 4.78 is 0. The van der Waals surface area contributed by atoms with Crippen LogP contribution in [0.3, 0.4) is 0 Å². The van der Waals surface area contributed by atoms with Gasteiger partial charge in [0.05, 0.1) is 0 Å². The monoisotopic (exact) mass is 216 g/mol. The molecular formula is C8H12N2O5. The van der Waals surface area contributed by atoms with Crippen LogP contribution in [0.5, 0.6) is 0 Å². The molecule has 15 heavy (non-hydrogen) atoms. The van der Waals surface area contributed by atoms with Gasteiger partial charge in [0.15, 0.2) is 0 Å². The highest BCUT2D eigenvalue weighted by Crippen LogP contribution is 2.17. The van der Waals surface area contributed by atoms with Crippen molar-refractivity contribution in [3.05, 3.63) is 0 Å². The zero-order valence-electron chi connectivity index (χ0n) is 7.97. The highest BCUT2D eigenvalue weighted by molar-refractivity contribution is 5.85. The maximum Gasteiger partial charge on any atom is 0.326 e. The number of isocyanates is 1. The number of amides is 1. The summed E-state index contributed by atoms with van der Waals surface area (Å²) in [5.41, 5.74) is 0. The number of aliphatic carboxylic acids is 1. The molecule has 0 aliphatic carbocycles. The quantitative estimate of drug-likeness (QED) is 0.459. The van der Waals surface area contributed by atoms with Gasteiger partial charge in [0, 0.05) is 6.54 Å². The van der Waals surface area contributed by atoms with E-state index in [1.54, 1.807) is 0 Å². The number of hydrogen-bond donors (Lipinski definition) is 1. The second-order valence-electron chi connectivity index (χ2n) is 2.99. The van der Waals surface area contributed by atoms with Gasteiger partial charge < -0.3 is 15.5 Å². The SMILES string of the molecule is O.O=C=NCC(=O)N1CCC[C@H]1C(=O)O. The Hall–Kier alpha value is -1.72. The summed E-state index contributed by atoms with van der Waals surface area (Å²) in [5.74, 6) is -1.44. The van der Waals surface area contributed by atoms with Crippen molar-refractivity contribution in [1.82, 2.24) is 4.90 Å². The maximum absolute atomic E-state index is 11.3. The van der Waals surface area contributed by atoms with Crippen LogP contribution in [0.1, 0.15) is 12.8 Å². The van der Waals surface area contributed by atoms with E-state index >= 15 is 0 Å². The molecule has 3 N–H and O–H groups in total. The standard InChI is InChI=1S/C8H10N2O4.H2O/c11-5-9-4-7(12)10-3-1-2-6(10)8(13)14;/h6H,1-4H2,(H,13,14);1H2/t6-;/m0./s1. The second-order valence-corrected chi connectivity index (χ2v) is 2.99. The molecule has 7 heteroatoms. The van der Waals surface area contributed by atoms with E-state index in [2.05, 4.69) is 4.99 Å². The molecule has 1 aliphatic rings. The van der Waals surface area contributed by atoms with E-state index in [-0.39, 0.29) is 12.0 Å². The molecule has 1 amide bonds. The predicted molar refractivity (Wildman–Crippen MR) is 49.0 cm³/mol. The number of rotatable bonds is 3. The lowest BCUT2D eigenvalue weighted by atomic mass is 10.2. The van der Waals surface area contributed by atoms with Crippen molar-refractivity contribution in [2.75, 3.05) is 13.1 Å². The summed E-state index contributed by atoms with van der Waals surface area (Å²) >= 11 is 0. The van der Waals surface area contributed by atoms with Crippen molar-refractivity contribution in [1.29, 1.82) is 0 Å². The third-order valence-corrected chi connectivity index (χ3v) is 2.14. The summed E-state index contributed by atoms with van der Waals surface area (Å²) in [6.45, 7) is 0.109. The second kappa shape index (κ2) is 5.90. The van der Waals surface area contributed by atoms with E-state index in [4.69, 9.17) is 5.11 Å². The highest BCUT2D eigenvalue weighted by Gasteiger charge is 2.33. The molecule has 0 saturated carbocycles. The highest BCUT2D eigenvalue weighted by atomic mass is 16.4. The van der Waals surface area contributed by atoms with E-state index in [1.165, 1.54) is 11.0 Å². The first-order valence-electron chi connectivity index (χ1n) is 4.22. The Morgan fingerprint density at radius 2 is 2.20 bits per heavy atom. The minimum atomic E-state index is -1.01. The largest absolute Gasteiger partial charge is 0.480 e. The first-order valence-corrected chi connectivity index (χ1v) is 4.22.